The van der Waals surface area contributed by atoms with Crippen molar-refractivity contribution in [2.45, 2.75) is 24.9 Å². The Labute approximate surface area is 164 Å². The molecular formula is C21H24ClNO4. The number of benzene rings is 2. The first kappa shape index (κ1) is 19.5. The van der Waals surface area contributed by atoms with Crippen molar-refractivity contribution >= 4 is 17.5 Å². The van der Waals surface area contributed by atoms with Crippen molar-refractivity contribution < 1.29 is 19.4 Å². The molecule has 1 unspecified atom stereocenters. The molecule has 2 aromatic rings. The van der Waals surface area contributed by atoms with E-state index in [-0.39, 0.29) is 25.5 Å². The molecule has 1 saturated heterocycles. The van der Waals surface area contributed by atoms with Crippen LogP contribution >= 0.6 is 11.6 Å². The summed E-state index contributed by atoms with van der Waals surface area (Å²) >= 11 is 5.96. The number of hydrogen-bond donors (Lipinski definition) is 1. The summed E-state index contributed by atoms with van der Waals surface area (Å²) in [5.41, 5.74) is -0.230. The third-order valence-corrected chi connectivity index (χ3v) is 4.98. The fourth-order valence-corrected chi connectivity index (χ4v) is 3.52. The van der Waals surface area contributed by atoms with E-state index in [0.717, 1.165) is 12.0 Å². The molecule has 0 saturated carbocycles. The number of aliphatic hydroxyl groups is 1. The van der Waals surface area contributed by atoms with Crippen LogP contribution in [0.1, 0.15) is 18.4 Å². The van der Waals surface area contributed by atoms with Crippen molar-refractivity contribution in [3.05, 3.63) is 59.1 Å². The van der Waals surface area contributed by atoms with Crippen molar-refractivity contribution in [1.82, 2.24) is 4.90 Å². The molecule has 0 aromatic heterocycles. The summed E-state index contributed by atoms with van der Waals surface area (Å²) in [4.78, 5) is 14.4. The normalized spacial score (nSPS) is 19.6. The highest BCUT2D eigenvalue weighted by Crippen LogP contribution is 2.25. The second-order valence-corrected chi connectivity index (χ2v) is 7.31. The van der Waals surface area contributed by atoms with E-state index >= 15 is 0 Å². The van der Waals surface area contributed by atoms with E-state index in [1.807, 2.05) is 24.3 Å². The number of carbonyl (C=O) groups excluding carboxylic acids is 1. The predicted octanol–water partition coefficient (Wildman–Crippen LogP) is 3.32. The smallest absolute Gasteiger partial charge is 0.227 e. The van der Waals surface area contributed by atoms with Gasteiger partial charge >= 0.3 is 0 Å². The summed E-state index contributed by atoms with van der Waals surface area (Å²) in [6, 6.07) is 14.5. The number of amides is 1. The van der Waals surface area contributed by atoms with Gasteiger partial charge in [-0.15, -0.1) is 0 Å². The van der Waals surface area contributed by atoms with E-state index < -0.39 is 5.60 Å². The summed E-state index contributed by atoms with van der Waals surface area (Å²) < 4.78 is 11.0. The van der Waals surface area contributed by atoms with Crippen LogP contribution in [-0.2, 0) is 11.2 Å². The van der Waals surface area contributed by atoms with E-state index in [1.54, 1.807) is 36.3 Å². The molecule has 6 heteroatoms. The molecule has 1 heterocycles. The summed E-state index contributed by atoms with van der Waals surface area (Å²) in [7, 11) is 1.59. The van der Waals surface area contributed by atoms with Crippen molar-refractivity contribution in [2.75, 3.05) is 26.8 Å². The largest absolute Gasteiger partial charge is 0.496 e. The standard InChI is InChI=1S/C21H24ClNO4/c1-26-19-9-3-2-6-16(19)12-20(24)23-11-5-10-21(25,14-23)15-27-18-8-4-7-17(22)13-18/h2-4,6-9,13,25H,5,10-12,14-15H2,1H3. The lowest BCUT2D eigenvalue weighted by Gasteiger charge is -2.39. The molecule has 5 nitrogen and oxygen atoms in total. The van der Waals surface area contributed by atoms with Crippen LogP contribution < -0.4 is 9.47 Å². The third kappa shape index (κ3) is 5.15. The first-order chi connectivity index (χ1) is 13.0. The zero-order valence-electron chi connectivity index (χ0n) is 15.4. The van der Waals surface area contributed by atoms with Crippen LogP contribution in [0, 0.1) is 0 Å². The Bertz CT molecular complexity index is 797. The van der Waals surface area contributed by atoms with Crippen LogP contribution in [-0.4, -0.2) is 48.3 Å². The van der Waals surface area contributed by atoms with Crippen molar-refractivity contribution in [3.8, 4) is 11.5 Å². The lowest BCUT2D eigenvalue weighted by molar-refractivity contribution is -0.139. The van der Waals surface area contributed by atoms with Crippen LogP contribution in [0.4, 0.5) is 0 Å². The molecule has 1 fully saturated rings. The van der Waals surface area contributed by atoms with Crippen LogP contribution in [0.2, 0.25) is 5.02 Å². The third-order valence-electron chi connectivity index (χ3n) is 4.75. The van der Waals surface area contributed by atoms with Gasteiger partial charge in [0, 0.05) is 17.1 Å². The van der Waals surface area contributed by atoms with Gasteiger partial charge in [0.1, 0.15) is 23.7 Å². The van der Waals surface area contributed by atoms with Gasteiger partial charge in [-0.25, -0.2) is 0 Å². The Morgan fingerprint density at radius 1 is 1.26 bits per heavy atom. The molecule has 0 spiro atoms. The van der Waals surface area contributed by atoms with Gasteiger partial charge in [-0.3, -0.25) is 4.79 Å². The highest BCUT2D eigenvalue weighted by atomic mass is 35.5. The van der Waals surface area contributed by atoms with Gasteiger partial charge in [0.15, 0.2) is 0 Å². The van der Waals surface area contributed by atoms with Gasteiger partial charge in [-0.05, 0) is 37.1 Å². The Kier molecular flexibility index (Phi) is 6.24. The van der Waals surface area contributed by atoms with Gasteiger partial charge < -0.3 is 19.5 Å². The fourth-order valence-electron chi connectivity index (χ4n) is 3.34. The van der Waals surface area contributed by atoms with Gasteiger partial charge in [0.2, 0.25) is 5.91 Å². The maximum absolute atomic E-state index is 12.7. The number of nitrogens with zero attached hydrogens (tertiary/aromatic N) is 1. The number of likely N-dealkylation sites (tertiary alicyclic amines) is 1. The quantitative estimate of drug-likeness (QED) is 0.823. The molecule has 1 aliphatic rings. The summed E-state index contributed by atoms with van der Waals surface area (Å²) in [6.07, 6.45) is 1.56. The number of rotatable bonds is 6. The number of halogens is 1. The van der Waals surface area contributed by atoms with Gasteiger partial charge in [0.05, 0.1) is 20.1 Å². The minimum atomic E-state index is -1.07. The van der Waals surface area contributed by atoms with Gasteiger partial charge in [0.25, 0.3) is 0 Å². The summed E-state index contributed by atoms with van der Waals surface area (Å²) in [5, 5.41) is 11.5. The molecule has 1 aliphatic heterocycles. The Morgan fingerprint density at radius 3 is 2.85 bits per heavy atom. The maximum Gasteiger partial charge on any atom is 0.227 e. The Hall–Kier alpha value is -2.24. The van der Waals surface area contributed by atoms with Gasteiger partial charge in [-0.2, -0.15) is 0 Å². The van der Waals surface area contributed by atoms with E-state index in [9.17, 15) is 9.90 Å². The number of ether oxygens (including phenoxy) is 2. The molecule has 144 valence electrons. The molecule has 27 heavy (non-hydrogen) atoms. The Balaban J connectivity index is 1.61. The van der Waals surface area contributed by atoms with E-state index in [4.69, 9.17) is 21.1 Å². The lowest BCUT2D eigenvalue weighted by Crippen LogP contribution is -2.53. The monoisotopic (exact) mass is 389 g/mol. The van der Waals surface area contributed by atoms with Gasteiger partial charge in [-0.1, -0.05) is 35.9 Å². The average molecular weight is 390 g/mol. The maximum atomic E-state index is 12.7. The molecule has 0 radical (unpaired) electrons. The first-order valence-corrected chi connectivity index (χ1v) is 9.37. The summed E-state index contributed by atoms with van der Waals surface area (Å²) in [6.45, 7) is 1.00. The highest BCUT2D eigenvalue weighted by molar-refractivity contribution is 6.30. The molecule has 1 amide bonds. The number of carbonyl (C=O) groups is 1. The predicted molar refractivity (Wildman–Crippen MR) is 104 cm³/mol. The second-order valence-electron chi connectivity index (χ2n) is 6.88. The lowest BCUT2D eigenvalue weighted by atomic mass is 9.93. The second kappa shape index (κ2) is 8.63. The number of β-amino-alcohol motifs (C(OH)–C–C–N with tert-alkyl or cyclic N) is 1. The number of piperidine rings is 1. The number of hydrogen-bond acceptors (Lipinski definition) is 4. The minimum absolute atomic E-state index is 0.0274. The molecule has 1 atom stereocenters. The first-order valence-electron chi connectivity index (χ1n) is 8.99. The highest BCUT2D eigenvalue weighted by Gasteiger charge is 2.36. The number of para-hydroxylation sites is 1. The van der Waals surface area contributed by atoms with E-state index in [0.29, 0.717) is 29.5 Å². The molecule has 2 aromatic carbocycles. The van der Waals surface area contributed by atoms with Crippen molar-refractivity contribution in [1.29, 1.82) is 0 Å². The summed E-state index contributed by atoms with van der Waals surface area (Å²) in [5.74, 6) is 1.27. The minimum Gasteiger partial charge on any atom is -0.496 e. The van der Waals surface area contributed by atoms with Crippen LogP contribution in [0.15, 0.2) is 48.5 Å². The van der Waals surface area contributed by atoms with Crippen LogP contribution in [0.5, 0.6) is 11.5 Å². The SMILES string of the molecule is COc1ccccc1CC(=O)N1CCCC(O)(COc2cccc(Cl)c2)C1. The molecule has 1 N–H and O–H groups in total. The number of methoxy groups -OCH3 is 1. The Morgan fingerprint density at radius 2 is 2.07 bits per heavy atom. The van der Waals surface area contributed by atoms with Crippen LogP contribution in [0.25, 0.3) is 0 Å². The van der Waals surface area contributed by atoms with Crippen molar-refractivity contribution in [3.63, 3.8) is 0 Å². The molecular weight excluding hydrogens is 366 g/mol. The van der Waals surface area contributed by atoms with E-state index in [1.165, 1.54) is 0 Å². The zero-order chi connectivity index (χ0) is 19.3. The van der Waals surface area contributed by atoms with Crippen LogP contribution in [0.3, 0.4) is 0 Å². The fraction of sp³-hybridized carbons (Fsp3) is 0.381. The molecule has 0 aliphatic carbocycles. The van der Waals surface area contributed by atoms with Crippen molar-refractivity contribution in [2.24, 2.45) is 0 Å². The topological polar surface area (TPSA) is 59.0 Å². The molecule has 0 bridgehead atoms. The molecule has 3 rings (SSSR count). The van der Waals surface area contributed by atoms with E-state index in [2.05, 4.69) is 0 Å². The zero-order valence-corrected chi connectivity index (χ0v) is 16.1. The average Bonchev–Trinajstić information content (AvgIpc) is 2.67.